The van der Waals surface area contributed by atoms with Gasteiger partial charge in [-0.05, 0) is 0 Å². The Balaban J connectivity index is 3.49. The Morgan fingerprint density at radius 2 is 2.10 bits per heavy atom. The van der Waals surface area contributed by atoms with Gasteiger partial charge in [0.25, 0.3) is 0 Å². The van der Waals surface area contributed by atoms with Crippen LogP contribution in [-0.2, 0) is 24.5 Å². The van der Waals surface area contributed by atoms with Gasteiger partial charge in [-0.1, -0.05) is 8.22 Å². The highest BCUT2D eigenvalue weighted by Gasteiger charge is 2.09. The lowest BCUT2D eigenvalue weighted by molar-refractivity contribution is -0.212. The average molecular weight is 174 g/mol. The van der Waals surface area contributed by atoms with Gasteiger partial charge in [-0.2, -0.15) is 8.42 Å². The first-order chi connectivity index (χ1) is 4.42. The molecule has 0 bridgehead atoms. The zero-order valence-electron chi connectivity index (χ0n) is 4.48. The first-order valence-electron chi connectivity index (χ1n) is 1.89. The maximum atomic E-state index is 11.3. The van der Waals surface area contributed by atoms with E-state index in [1.807, 2.05) is 0 Å². The largest absolute Gasteiger partial charge is 0.479 e. The van der Waals surface area contributed by atoms with Crippen LogP contribution >= 0.6 is 0 Å². The lowest BCUT2D eigenvalue weighted by Crippen LogP contribution is -2.09. The molecule has 6 nitrogen and oxygen atoms in total. The van der Waals surface area contributed by atoms with Crippen molar-refractivity contribution in [2.45, 2.75) is 0 Å². The summed E-state index contributed by atoms with van der Waals surface area (Å²) >= 11 is 0. The summed E-state index contributed by atoms with van der Waals surface area (Å²) in [5.74, 6) is -1.47. The lowest BCUT2D eigenvalue weighted by Gasteiger charge is -1.92. The molecule has 0 saturated carbocycles. The Morgan fingerprint density at radius 3 is 2.40 bits per heavy atom. The SMILES string of the molecule is O=C(O)COOS(=O)(=O)F. The van der Waals surface area contributed by atoms with Crippen LogP contribution in [0.5, 0.6) is 0 Å². The zero-order valence-corrected chi connectivity index (χ0v) is 5.30. The van der Waals surface area contributed by atoms with Crippen molar-refractivity contribution in [3.8, 4) is 0 Å². The van der Waals surface area contributed by atoms with E-state index in [1.165, 1.54) is 0 Å². The molecule has 0 fully saturated rings. The monoisotopic (exact) mass is 174 g/mol. The Hall–Kier alpha value is -0.730. The molecule has 60 valence electrons. The molecule has 0 aromatic rings. The molecule has 0 radical (unpaired) electrons. The second-order valence-corrected chi connectivity index (χ2v) is 2.04. The molecule has 0 saturated heterocycles. The first-order valence-corrected chi connectivity index (χ1v) is 3.20. The third kappa shape index (κ3) is 7.27. The molecule has 8 heteroatoms. The number of aliphatic carboxylic acids is 1. The van der Waals surface area contributed by atoms with Crippen LogP contribution in [0.25, 0.3) is 0 Å². The summed E-state index contributed by atoms with van der Waals surface area (Å²) in [5.41, 5.74) is 0. The van der Waals surface area contributed by atoms with Gasteiger partial charge in [0.1, 0.15) is 0 Å². The van der Waals surface area contributed by atoms with Crippen LogP contribution in [-0.4, -0.2) is 26.1 Å². The van der Waals surface area contributed by atoms with Gasteiger partial charge in [0.15, 0.2) is 6.61 Å². The summed E-state index contributed by atoms with van der Waals surface area (Å²) in [6.07, 6.45) is 0. The number of carbonyl (C=O) groups is 1. The van der Waals surface area contributed by atoms with Crippen LogP contribution < -0.4 is 0 Å². The average Bonchev–Trinajstić information content (AvgIpc) is 1.59. The summed E-state index contributed by atoms with van der Waals surface area (Å²) in [7, 11) is -5.21. The quantitative estimate of drug-likeness (QED) is 0.342. The fourth-order valence-corrected chi connectivity index (χ4v) is 0.295. The molecule has 1 N–H and O–H groups in total. The van der Waals surface area contributed by atoms with Gasteiger partial charge < -0.3 is 5.11 Å². The molecule has 0 aliphatic carbocycles. The molecule has 0 aromatic carbocycles. The maximum absolute atomic E-state index is 11.3. The van der Waals surface area contributed by atoms with E-state index in [1.54, 1.807) is 0 Å². The summed E-state index contributed by atoms with van der Waals surface area (Å²) < 4.78 is 33.0. The Labute approximate surface area is 55.5 Å². The van der Waals surface area contributed by atoms with E-state index in [0.29, 0.717) is 0 Å². The molecule has 10 heavy (non-hydrogen) atoms. The third-order valence-electron chi connectivity index (χ3n) is 0.312. The predicted molar refractivity (Wildman–Crippen MR) is 24.7 cm³/mol. The van der Waals surface area contributed by atoms with Crippen LogP contribution in [0.4, 0.5) is 3.89 Å². The van der Waals surface area contributed by atoms with E-state index in [4.69, 9.17) is 5.11 Å². The van der Waals surface area contributed by atoms with Crippen molar-refractivity contribution in [1.29, 1.82) is 0 Å². The van der Waals surface area contributed by atoms with Gasteiger partial charge in [-0.3, -0.25) is 0 Å². The van der Waals surface area contributed by atoms with E-state index in [-0.39, 0.29) is 0 Å². The van der Waals surface area contributed by atoms with Gasteiger partial charge in [-0.25, -0.2) is 9.68 Å². The van der Waals surface area contributed by atoms with E-state index in [2.05, 4.69) is 9.22 Å². The summed E-state index contributed by atoms with van der Waals surface area (Å²) in [6.45, 7) is -1.04. The highest BCUT2D eigenvalue weighted by Crippen LogP contribution is 1.93. The number of hydrogen-bond donors (Lipinski definition) is 1. The fraction of sp³-hybridized carbons (Fsp3) is 0.500. The molecule has 0 aromatic heterocycles. The predicted octanol–water partition coefficient (Wildman–Crippen LogP) is -0.766. The van der Waals surface area contributed by atoms with Crippen LogP contribution in [0.1, 0.15) is 0 Å². The van der Waals surface area contributed by atoms with Crippen molar-refractivity contribution in [2.24, 2.45) is 0 Å². The summed E-state index contributed by atoms with van der Waals surface area (Å²) in [5, 5.41) is 7.79. The molecule has 0 heterocycles. The van der Waals surface area contributed by atoms with Crippen LogP contribution in [0.15, 0.2) is 0 Å². The smallest absolute Gasteiger partial charge is 0.464 e. The fourth-order valence-electron chi connectivity index (χ4n) is 0.132. The van der Waals surface area contributed by atoms with Crippen molar-refractivity contribution < 1.29 is 31.4 Å². The second kappa shape index (κ2) is 3.44. The molecule has 0 spiro atoms. The number of carboxylic acids is 1. The molecular formula is C2H3FO6S. The summed E-state index contributed by atoms with van der Waals surface area (Å²) in [4.78, 5) is 13.0. The van der Waals surface area contributed by atoms with Crippen molar-refractivity contribution in [1.82, 2.24) is 0 Å². The van der Waals surface area contributed by atoms with E-state index in [0.717, 1.165) is 0 Å². The van der Waals surface area contributed by atoms with Crippen molar-refractivity contribution in [3.05, 3.63) is 0 Å². The van der Waals surface area contributed by atoms with Gasteiger partial charge in [0.05, 0.1) is 0 Å². The molecule has 0 atom stereocenters. The number of hydrogen-bond acceptors (Lipinski definition) is 5. The van der Waals surface area contributed by atoms with Crippen LogP contribution in [0.3, 0.4) is 0 Å². The first kappa shape index (κ1) is 9.27. The standard InChI is InChI=1S/C2H3FO6S/c3-10(6,7)9-8-1-2(4)5/h1H2,(H,4,5). The minimum Gasteiger partial charge on any atom is -0.479 e. The number of rotatable bonds is 4. The van der Waals surface area contributed by atoms with Crippen LogP contribution in [0.2, 0.25) is 0 Å². The molecule has 0 rings (SSSR count). The number of halogens is 1. The normalized spacial score (nSPS) is 11.3. The molecule has 0 aliphatic rings. The van der Waals surface area contributed by atoms with Gasteiger partial charge >= 0.3 is 16.5 Å². The van der Waals surface area contributed by atoms with E-state index in [9.17, 15) is 17.1 Å². The maximum Gasteiger partial charge on any atom is 0.464 e. The lowest BCUT2D eigenvalue weighted by atomic mass is 10.8. The van der Waals surface area contributed by atoms with Crippen molar-refractivity contribution >= 4 is 16.5 Å². The zero-order chi connectivity index (χ0) is 8.20. The summed E-state index contributed by atoms with van der Waals surface area (Å²) in [6, 6.07) is 0. The Morgan fingerprint density at radius 1 is 1.60 bits per heavy atom. The Kier molecular flexibility index (Phi) is 3.19. The third-order valence-corrected chi connectivity index (χ3v) is 0.571. The number of carboxylic acid groups (broad SMARTS) is 1. The second-order valence-electron chi connectivity index (χ2n) is 1.12. The van der Waals surface area contributed by atoms with Crippen molar-refractivity contribution in [2.75, 3.05) is 6.61 Å². The molecular weight excluding hydrogens is 171 g/mol. The minimum atomic E-state index is -5.21. The van der Waals surface area contributed by atoms with Gasteiger partial charge in [-0.15, -0.1) is 0 Å². The molecule has 0 unspecified atom stereocenters. The van der Waals surface area contributed by atoms with Gasteiger partial charge in [0, 0.05) is 0 Å². The Bertz CT molecular complexity index is 206. The minimum absolute atomic E-state index is 1.04. The molecule has 0 aliphatic heterocycles. The molecule has 0 amide bonds. The topological polar surface area (TPSA) is 89.9 Å². The van der Waals surface area contributed by atoms with E-state index < -0.39 is 23.1 Å². The van der Waals surface area contributed by atoms with E-state index >= 15 is 0 Å². The van der Waals surface area contributed by atoms with Crippen molar-refractivity contribution in [3.63, 3.8) is 0 Å². The van der Waals surface area contributed by atoms with Gasteiger partial charge in [0.2, 0.25) is 0 Å². The van der Waals surface area contributed by atoms with Crippen LogP contribution in [0, 0.1) is 0 Å². The highest BCUT2D eigenvalue weighted by molar-refractivity contribution is 7.81. The highest BCUT2D eigenvalue weighted by atomic mass is 32.3.